The van der Waals surface area contributed by atoms with Gasteiger partial charge in [0, 0.05) is 0 Å². The van der Waals surface area contributed by atoms with Crippen LogP contribution in [0, 0.1) is 11.8 Å². The number of rotatable bonds is 3. The van der Waals surface area contributed by atoms with Gasteiger partial charge in [0.05, 0.1) is 29.2 Å². The average molecular weight is 284 g/mol. The minimum atomic E-state index is -0.468. The van der Waals surface area contributed by atoms with Crippen LogP contribution in [0.1, 0.15) is 46.0 Å². The van der Waals surface area contributed by atoms with Gasteiger partial charge in [-0.15, -0.1) is 0 Å². The van der Waals surface area contributed by atoms with E-state index in [1.165, 1.54) is 0 Å². The molecule has 0 aromatic carbocycles. The van der Waals surface area contributed by atoms with Crippen LogP contribution < -0.4 is 11.1 Å². The van der Waals surface area contributed by atoms with Crippen molar-refractivity contribution in [3.05, 3.63) is 0 Å². The number of nitrogens with two attached hydrogens (primary N) is 1. The maximum Gasteiger partial charge on any atom is 0.226 e. The van der Waals surface area contributed by atoms with Gasteiger partial charge in [0.25, 0.3) is 0 Å². The third-order valence-corrected chi connectivity index (χ3v) is 4.92. The van der Waals surface area contributed by atoms with E-state index in [1.54, 1.807) is 0 Å². The normalized spacial score (nSPS) is 38.9. The first kappa shape index (κ1) is 14.7. The maximum atomic E-state index is 12.3. The average Bonchev–Trinajstić information content (AvgIpc) is 2.79. The lowest BCUT2D eigenvalue weighted by atomic mass is 9.76. The van der Waals surface area contributed by atoms with Gasteiger partial charge in [-0.2, -0.15) is 0 Å². The fourth-order valence-corrected chi connectivity index (χ4v) is 3.28. The molecule has 2 rings (SSSR count). The molecule has 1 heterocycles. The summed E-state index contributed by atoms with van der Waals surface area (Å²) in [5, 5.41) is 3.13. The zero-order valence-corrected chi connectivity index (χ0v) is 12.6. The van der Waals surface area contributed by atoms with E-state index in [-0.39, 0.29) is 17.9 Å². The van der Waals surface area contributed by atoms with Crippen molar-refractivity contribution in [2.24, 2.45) is 17.6 Å². The highest BCUT2D eigenvalue weighted by Gasteiger charge is 2.40. The van der Waals surface area contributed by atoms with Gasteiger partial charge >= 0.3 is 0 Å². The van der Waals surface area contributed by atoms with Crippen LogP contribution in [0.3, 0.4) is 0 Å². The van der Waals surface area contributed by atoms with Gasteiger partial charge in [0.2, 0.25) is 5.91 Å². The number of hydrogen-bond acceptors (Lipinski definition) is 3. The summed E-state index contributed by atoms with van der Waals surface area (Å²) >= 11 is 5.21. The summed E-state index contributed by atoms with van der Waals surface area (Å²) in [6, 6.07) is 0. The number of amides is 1. The first-order valence-corrected chi connectivity index (χ1v) is 7.57. The third-order valence-electron chi connectivity index (χ3n) is 4.53. The van der Waals surface area contributed by atoms with Crippen molar-refractivity contribution >= 4 is 23.1 Å². The van der Waals surface area contributed by atoms with Crippen molar-refractivity contribution in [3.63, 3.8) is 0 Å². The maximum absolute atomic E-state index is 12.3. The Hall–Kier alpha value is -0.680. The van der Waals surface area contributed by atoms with Gasteiger partial charge in [-0.3, -0.25) is 4.79 Å². The topological polar surface area (TPSA) is 64.3 Å². The fourth-order valence-electron chi connectivity index (χ4n) is 3.03. The number of thiocarbonyl (C=S) groups is 1. The lowest BCUT2D eigenvalue weighted by Gasteiger charge is -2.39. The molecule has 1 saturated heterocycles. The van der Waals surface area contributed by atoms with E-state index in [9.17, 15) is 4.79 Å². The van der Waals surface area contributed by atoms with Crippen LogP contribution in [0.5, 0.6) is 0 Å². The second-order valence-corrected chi connectivity index (χ2v) is 6.63. The van der Waals surface area contributed by atoms with Crippen molar-refractivity contribution in [2.75, 3.05) is 6.61 Å². The number of nitrogens with one attached hydrogen (secondary N) is 1. The molecule has 1 aliphatic heterocycles. The largest absolute Gasteiger partial charge is 0.391 e. The van der Waals surface area contributed by atoms with Crippen LogP contribution in [0.15, 0.2) is 0 Å². The van der Waals surface area contributed by atoms with Crippen LogP contribution in [-0.4, -0.2) is 29.1 Å². The first-order valence-electron chi connectivity index (χ1n) is 7.16. The molecule has 0 aromatic rings. The van der Waals surface area contributed by atoms with Gasteiger partial charge in [0.1, 0.15) is 0 Å². The molecular formula is C14H24N2O2S. The highest BCUT2D eigenvalue weighted by Crippen LogP contribution is 2.33. The van der Waals surface area contributed by atoms with Crippen LogP contribution in [0.25, 0.3) is 0 Å². The predicted molar refractivity (Wildman–Crippen MR) is 78.8 cm³/mol. The molecule has 1 saturated carbocycles. The van der Waals surface area contributed by atoms with Crippen LogP contribution in [0.2, 0.25) is 0 Å². The van der Waals surface area contributed by atoms with E-state index in [4.69, 9.17) is 22.7 Å². The Labute approximate surface area is 120 Å². The van der Waals surface area contributed by atoms with Gasteiger partial charge in [0.15, 0.2) is 0 Å². The van der Waals surface area contributed by atoms with Crippen molar-refractivity contribution in [1.29, 1.82) is 0 Å². The summed E-state index contributed by atoms with van der Waals surface area (Å²) in [5.74, 6) is 0.682. The van der Waals surface area contributed by atoms with E-state index in [2.05, 4.69) is 12.2 Å². The second-order valence-electron chi connectivity index (χ2n) is 6.19. The molecule has 3 N–H and O–H groups in total. The smallest absolute Gasteiger partial charge is 0.226 e. The van der Waals surface area contributed by atoms with Crippen molar-refractivity contribution in [1.82, 2.24) is 5.32 Å². The summed E-state index contributed by atoms with van der Waals surface area (Å²) < 4.78 is 5.46. The Morgan fingerprint density at radius 3 is 2.47 bits per heavy atom. The van der Waals surface area contributed by atoms with Gasteiger partial charge in [-0.05, 0) is 44.9 Å². The minimum Gasteiger partial charge on any atom is -0.391 e. The molecule has 2 fully saturated rings. The second kappa shape index (κ2) is 5.75. The molecule has 2 aliphatic rings. The lowest BCUT2D eigenvalue weighted by molar-refractivity contribution is -0.126. The molecule has 0 aromatic heterocycles. The number of carbonyl (C=O) groups is 1. The highest BCUT2D eigenvalue weighted by molar-refractivity contribution is 7.80. The standard InChI is InChI=1S/C14H24N2O2S/c1-9-3-5-14(6-4-9,13(15)19)16-12(17)11-7-10(2)18-8-11/h9-11H,3-8H2,1-2H3,(H2,15,19)(H,16,17). The van der Waals surface area contributed by atoms with Crippen molar-refractivity contribution in [2.45, 2.75) is 57.6 Å². The van der Waals surface area contributed by atoms with E-state index >= 15 is 0 Å². The van der Waals surface area contributed by atoms with E-state index in [1.807, 2.05) is 6.92 Å². The van der Waals surface area contributed by atoms with Crippen molar-refractivity contribution in [3.8, 4) is 0 Å². The van der Waals surface area contributed by atoms with E-state index in [0.29, 0.717) is 17.5 Å². The molecule has 2 unspecified atom stereocenters. The van der Waals surface area contributed by atoms with E-state index in [0.717, 1.165) is 32.1 Å². The lowest BCUT2D eigenvalue weighted by Crippen LogP contribution is -2.59. The fraction of sp³-hybridized carbons (Fsp3) is 0.857. The Balaban J connectivity index is 2.01. The number of hydrogen-bond donors (Lipinski definition) is 2. The van der Waals surface area contributed by atoms with Gasteiger partial charge in [-0.1, -0.05) is 19.1 Å². The molecule has 0 radical (unpaired) electrons. The summed E-state index contributed by atoms with van der Waals surface area (Å²) in [6.45, 7) is 4.74. The SMILES string of the molecule is CC1CCC(NC(=O)C2COC(C)C2)(C(N)=S)CC1. The van der Waals surface area contributed by atoms with Gasteiger partial charge in [-0.25, -0.2) is 0 Å². The van der Waals surface area contributed by atoms with Crippen LogP contribution >= 0.6 is 12.2 Å². The zero-order valence-electron chi connectivity index (χ0n) is 11.8. The molecular weight excluding hydrogens is 260 g/mol. The number of carbonyl (C=O) groups excluding carboxylic acids is 1. The highest BCUT2D eigenvalue weighted by atomic mass is 32.1. The molecule has 108 valence electrons. The first-order chi connectivity index (χ1) is 8.93. The summed E-state index contributed by atoms with van der Waals surface area (Å²) in [4.78, 5) is 12.8. The molecule has 1 amide bonds. The van der Waals surface area contributed by atoms with Crippen molar-refractivity contribution < 1.29 is 9.53 Å². The summed E-state index contributed by atoms with van der Waals surface area (Å²) in [6.07, 6.45) is 4.81. The predicted octanol–water partition coefficient (Wildman–Crippen LogP) is 1.76. The molecule has 4 nitrogen and oxygen atoms in total. The summed E-state index contributed by atoms with van der Waals surface area (Å²) in [7, 11) is 0. The molecule has 0 bridgehead atoms. The zero-order chi connectivity index (χ0) is 14.0. The molecule has 0 spiro atoms. The quantitative estimate of drug-likeness (QED) is 0.775. The Morgan fingerprint density at radius 1 is 1.37 bits per heavy atom. The van der Waals surface area contributed by atoms with Gasteiger partial charge < -0.3 is 15.8 Å². The Morgan fingerprint density at radius 2 is 2.00 bits per heavy atom. The Kier molecular flexibility index (Phi) is 4.46. The molecule has 5 heteroatoms. The number of ether oxygens (including phenoxy) is 1. The Bertz CT molecular complexity index is 364. The minimum absolute atomic E-state index is 0.0479. The van der Waals surface area contributed by atoms with Crippen LogP contribution in [-0.2, 0) is 9.53 Å². The van der Waals surface area contributed by atoms with Crippen LogP contribution in [0.4, 0.5) is 0 Å². The monoisotopic (exact) mass is 284 g/mol. The van der Waals surface area contributed by atoms with E-state index < -0.39 is 5.54 Å². The molecule has 19 heavy (non-hydrogen) atoms. The summed E-state index contributed by atoms with van der Waals surface area (Å²) in [5.41, 5.74) is 5.44. The third kappa shape index (κ3) is 3.26. The molecule has 2 atom stereocenters. The molecule has 1 aliphatic carbocycles.